The highest BCUT2D eigenvalue weighted by molar-refractivity contribution is 6.33. The molecule has 0 spiro atoms. The van der Waals surface area contributed by atoms with Crippen LogP contribution in [0.15, 0.2) is 66.7 Å². The number of hydrogen-bond acceptors (Lipinski definition) is 2. The maximum absolute atomic E-state index is 12.7. The quantitative estimate of drug-likeness (QED) is 0.557. The Morgan fingerprint density at radius 1 is 1.03 bits per heavy atom. The molecule has 0 heterocycles. The average molecular weight is 419 g/mol. The third-order valence-corrected chi connectivity index (χ3v) is 6.08. The van der Waals surface area contributed by atoms with Crippen molar-refractivity contribution in [2.45, 2.75) is 19.3 Å². The van der Waals surface area contributed by atoms with Gasteiger partial charge in [-0.1, -0.05) is 48.0 Å². The molecule has 3 aromatic carbocycles. The monoisotopic (exact) mass is 418 g/mol. The second kappa shape index (κ2) is 9.03. The number of carbonyl (C=O) groups is 1. The zero-order chi connectivity index (χ0) is 21.1. The summed E-state index contributed by atoms with van der Waals surface area (Å²) < 4.78 is 0. The fraction of sp³-hybridized carbons (Fsp3) is 0.269. The average Bonchev–Trinajstić information content (AvgIpc) is 2.74. The summed E-state index contributed by atoms with van der Waals surface area (Å²) >= 11 is 6.28. The van der Waals surface area contributed by atoms with Crippen LogP contribution in [0.2, 0.25) is 5.02 Å². The maximum atomic E-state index is 12.7. The second-order valence-corrected chi connectivity index (χ2v) is 8.77. The first-order valence-electron chi connectivity index (χ1n) is 10.4. The van der Waals surface area contributed by atoms with Gasteiger partial charge in [0.2, 0.25) is 0 Å². The fourth-order valence-corrected chi connectivity index (χ4v) is 4.53. The van der Waals surface area contributed by atoms with Gasteiger partial charge in [0, 0.05) is 28.4 Å². The molecule has 1 atom stereocenters. The predicted molar refractivity (Wildman–Crippen MR) is 125 cm³/mol. The molecule has 1 N–H and O–H groups in total. The van der Waals surface area contributed by atoms with Crippen molar-refractivity contribution in [3.63, 3.8) is 0 Å². The minimum absolute atomic E-state index is 0.0954. The van der Waals surface area contributed by atoms with Gasteiger partial charge in [0.15, 0.2) is 0 Å². The summed E-state index contributed by atoms with van der Waals surface area (Å²) in [6, 6.07) is 21.6. The number of aryl methyl sites for hydroxylation is 1. The fourth-order valence-electron chi connectivity index (χ4n) is 4.28. The number of carbonyl (C=O) groups excluding carboxylic acids is 1. The van der Waals surface area contributed by atoms with Crippen LogP contribution in [0.5, 0.6) is 0 Å². The van der Waals surface area contributed by atoms with E-state index in [1.165, 1.54) is 17.5 Å². The summed E-state index contributed by atoms with van der Waals surface area (Å²) in [5.41, 5.74) is 6.23. The summed E-state index contributed by atoms with van der Waals surface area (Å²) in [6.07, 6.45) is 3.39. The summed E-state index contributed by atoms with van der Waals surface area (Å²) in [6.45, 7) is 1.13. The second-order valence-electron chi connectivity index (χ2n) is 8.37. The van der Waals surface area contributed by atoms with Crippen molar-refractivity contribution >= 4 is 23.2 Å². The van der Waals surface area contributed by atoms with E-state index in [9.17, 15) is 4.79 Å². The van der Waals surface area contributed by atoms with E-state index < -0.39 is 0 Å². The topological polar surface area (TPSA) is 32.3 Å². The normalized spacial score (nSPS) is 15.7. The van der Waals surface area contributed by atoms with Crippen molar-refractivity contribution in [3.8, 4) is 11.1 Å². The van der Waals surface area contributed by atoms with E-state index in [4.69, 9.17) is 11.6 Å². The molecule has 154 valence electrons. The summed E-state index contributed by atoms with van der Waals surface area (Å²) in [7, 11) is 4.27. The molecule has 0 fully saturated rings. The van der Waals surface area contributed by atoms with Crippen molar-refractivity contribution in [3.05, 3.63) is 88.4 Å². The molecule has 1 unspecified atom stereocenters. The van der Waals surface area contributed by atoms with Gasteiger partial charge in [-0.2, -0.15) is 0 Å². The Kier molecular flexibility index (Phi) is 6.21. The van der Waals surface area contributed by atoms with Crippen LogP contribution in [-0.4, -0.2) is 31.4 Å². The van der Waals surface area contributed by atoms with Crippen LogP contribution >= 0.6 is 11.6 Å². The van der Waals surface area contributed by atoms with Crippen molar-refractivity contribution in [1.29, 1.82) is 0 Å². The lowest BCUT2D eigenvalue weighted by atomic mass is 9.83. The molecule has 4 heteroatoms. The molecular formula is C26H27ClN2O. The van der Waals surface area contributed by atoms with Gasteiger partial charge in [-0.15, -0.1) is 0 Å². The molecule has 4 rings (SSSR count). The standard InChI is InChI=1S/C26H27ClN2O/c1-29(2)17-18-7-8-22-16-23(14-13-21(22)15-18)28-26(30)20-11-9-19(10-12-20)24-5-3-4-6-25(24)27/h3-6,9-14,16,18H,7-8,15,17H2,1-2H3,(H,28,30). The van der Waals surface area contributed by atoms with E-state index in [2.05, 4.69) is 36.4 Å². The van der Waals surface area contributed by atoms with Gasteiger partial charge in [-0.25, -0.2) is 0 Å². The van der Waals surface area contributed by atoms with Gasteiger partial charge in [-0.3, -0.25) is 4.79 Å². The van der Waals surface area contributed by atoms with Crippen LogP contribution in [-0.2, 0) is 12.8 Å². The van der Waals surface area contributed by atoms with E-state index in [-0.39, 0.29) is 5.91 Å². The van der Waals surface area contributed by atoms with Crippen molar-refractivity contribution in [2.75, 3.05) is 26.0 Å². The number of rotatable bonds is 5. The first-order chi connectivity index (χ1) is 14.5. The van der Waals surface area contributed by atoms with E-state index >= 15 is 0 Å². The molecular weight excluding hydrogens is 392 g/mol. The molecule has 30 heavy (non-hydrogen) atoms. The highest BCUT2D eigenvalue weighted by Crippen LogP contribution is 2.29. The summed E-state index contributed by atoms with van der Waals surface area (Å²) in [4.78, 5) is 15.0. The highest BCUT2D eigenvalue weighted by Gasteiger charge is 2.19. The number of anilines is 1. The molecule has 3 aromatic rings. The Morgan fingerprint density at radius 2 is 1.80 bits per heavy atom. The molecule has 0 saturated carbocycles. The third-order valence-electron chi connectivity index (χ3n) is 5.75. The molecule has 0 saturated heterocycles. The van der Waals surface area contributed by atoms with Crippen LogP contribution in [0.3, 0.4) is 0 Å². The van der Waals surface area contributed by atoms with E-state index in [0.717, 1.165) is 36.2 Å². The lowest BCUT2D eigenvalue weighted by Crippen LogP contribution is -2.26. The number of halogens is 1. The minimum Gasteiger partial charge on any atom is -0.322 e. The van der Waals surface area contributed by atoms with Crippen LogP contribution in [0, 0.1) is 5.92 Å². The number of hydrogen-bond donors (Lipinski definition) is 1. The molecule has 0 radical (unpaired) electrons. The van der Waals surface area contributed by atoms with Gasteiger partial charge in [-0.05, 0) is 86.3 Å². The number of fused-ring (bicyclic) bond motifs is 1. The Balaban J connectivity index is 1.44. The highest BCUT2D eigenvalue weighted by atomic mass is 35.5. The molecule has 1 aliphatic rings. The Labute approximate surface area is 183 Å². The van der Waals surface area contributed by atoms with Crippen molar-refractivity contribution in [2.24, 2.45) is 5.92 Å². The Morgan fingerprint density at radius 3 is 2.53 bits per heavy atom. The summed E-state index contributed by atoms with van der Waals surface area (Å²) in [5, 5.41) is 3.75. The van der Waals surface area contributed by atoms with E-state index in [1.54, 1.807) is 0 Å². The van der Waals surface area contributed by atoms with Gasteiger partial charge in [0.1, 0.15) is 0 Å². The number of amides is 1. The molecule has 1 amide bonds. The largest absolute Gasteiger partial charge is 0.322 e. The zero-order valence-electron chi connectivity index (χ0n) is 17.5. The lowest BCUT2D eigenvalue weighted by molar-refractivity contribution is 0.102. The lowest BCUT2D eigenvalue weighted by Gasteiger charge is -2.27. The van der Waals surface area contributed by atoms with Crippen LogP contribution < -0.4 is 5.32 Å². The minimum atomic E-state index is -0.0954. The zero-order valence-corrected chi connectivity index (χ0v) is 18.2. The van der Waals surface area contributed by atoms with E-state index in [0.29, 0.717) is 16.5 Å². The van der Waals surface area contributed by atoms with Crippen LogP contribution in [0.25, 0.3) is 11.1 Å². The SMILES string of the molecule is CN(C)CC1CCc2cc(NC(=O)c3ccc(-c4ccccc4Cl)cc3)ccc2C1. The maximum Gasteiger partial charge on any atom is 0.255 e. The Hall–Kier alpha value is -2.62. The van der Waals surface area contributed by atoms with Crippen molar-refractivity contribution < 1.29 is 4.79 Å². The molecule has 3 nitrogen and oxygen atoms in total. The first kappa shape index (κ1) is 20.6. The Bertz CT molecular complexity index is 1040. The summed E-state index contributed by atoms with van der Waals surface area (Å²) in [5.74, 6) is 0.617. The van der Waals surface area contributed by atoms with E-state index in [1.807, 2.05) is 54.6 Å². The molecule has 0 bridgehead atoms. The number of nitrogens with one attached hydrogen (secondary N) is 1. The number of nitrogens with zero attached hydrogens (tertiary/aromatic N) is 1. The van der Waals surface area contributed by atoms with Gasteiger partial charge in [0.25, 0.3) is 5.91 Å². The van der Waals surface area contributed by atoms with Crippen LogP contribution in [0.1, 0.15) is 27.9 Å². The molecule has 1 aliphatic carbocycles. The molecule has 0 aromatic heterocycles. The van der Waals surface area contributed by atoms with Gasteiger partial charge >= 0.3 is 0 Å². The third kappa shape index (κ3) is 4.75. The first-order valence-corrected chi connectivity index (χ1v) is 10.8. The smallest absolute Gasteiger partial charge is 0.255 e. The van der Waals surface area contributed by atoms with Gasteiger partial charge < -0.3 is 10.2 Å². The van der Waals surface area contributed by atoms with Crippen LogP contribution in [0.4, 0.5) is 5.69 Å². The molecule has 0 aliphatic heterocycles. The predicted octanol–water partition coefficient (Wildman–Crippen LogP) is 5.93. The number of benzene rings is 3. The van der Waals surface area contributed by atoms with Crippen molar-refractivity contribution in [1.82, 2.24) is 4.90 Å². The van der Waals surface area contributed by atoms with Gasteiger partial charge in [0.05, 0.1) is 0 Å².